The van der Waals surface area contributed by atoms with Crippen molar-refractivity contribution in [3.63, 3.8) is 0 Å². The minimum absolute atomic E-state index is 0.702. The van der Waals surface area contributed by atoms with Crippen molar-refractivity contribution in [1.29, 1.82) is 0 Å². The van der Waals surface area contributed by atoms with Crippen LogP contribution in [0.25, 0.3) is 11.0 Å². The number of hydrogen-bond acceptors (Lipinski definition) is 3. The fourth-order valence-corrected chi connectivity index (χ4v) is 1.96. The standard InChI is InChI=1S/C15H23N3O/c1-12(2)8-10-19-11-9-16-15-17-13-6-4-5-7-14(13)18(15)3/h4-7,12H,8-11H2,1-3H3,(H,16,17). The van der Waals surface area contributed by atoms with Crippen LogP contribution in [0, 0.1) is 5.92 Å². The van der Waals surface area contributed by atoms with Crippen LogP contribution in [-0.4, -0.2) is 29.3 Å². The maximum Gasteiger partial charge on any atom is 0.203 e. The topological polar surface area (TPSA) is 39.1 Å². The summed E-state index contributed by atoms with van der Waals surface area (Å²) in [6.45, 7) is 6.76. The van der Waals surface area contributed by atoms with E-state index in [1.807, 2.05) is 25.2 Å². The number of anilines is 1. The molecule has 19 heavy (non-hydrogen) atoms. The van der Waals surface area contributed by atoms with Gasteiger partial charge >= 0.3 is 0 Å². The number of imidazole rings is 1. The normalized spacial score (nSPS) is 11.4. The van der Waals surface area contributed by atoms with E-state index in [9.17, 15) is 0 Å². The molecule has 2 rings (SSSR count). The zero-order valence-electron chi connectivity index (χ0n) is 12.0. The highest BCUT2D eigenvalue weighted by Crippen LogP contribution is 2.17. The molecule has 0 aliphatic carbocycles. The third-order valence-electron chi connectivity index (χ3n) is 3.16. The second-order valence-electron chi connectivity index (χ2n) is 5.20. The molecule has 2 aromatic rings. The fourth-order valence-electron chi connectivity index (χ4n) is 1.96. The zero-order valence-corrected chi connectivity index (χ0v) is 12.0. The first-order chi connectivity index (χ1) is 9.18. The Hall–Kier alpha value is -1.55. The third kappa shape index (κ3) is 3.70. The van der Waals surface area contributed by atoms with E-state index in [2.05, 4.69) is 34.8 Å². The number of aryl methyl sites for hydroxylation is 1. The zero-order chi connectivity index (χ0) is 13.7. The van der Waals surface area contributed by atoms with Gasteiger partial charge < -0.3 is 14.6 Å². The SMILES string of the molecule is CC(C)CCOCCNc1nc2ccccc2n1C. The number of aromatic nitrogens is 2. The van der Waals surface area contributed by atoms with E-state index in [1.165, 1.54) is 0 Å². The number of para-hydroxylation sites is 2. The lowest BCUT2D eigenvalue weighted by Gasteiger charge is -2.08. The van der Waals surface area contributed by atoms with Gasteiger partial charge in [-0.05, 0) is 24.5 Å². The molecule has 0 fully saturated rings. The van der Waals surface area contributed by atoms with Crippen LogP contribution >= 0.6 is 0 Å². The largest absolute Gasteiger partial charge is 0.380 e. The number of fused-ring (bicyclic) bond motifs is 1. The van der Waals surface area contributed by atoms with Crippen molar-refractivity contribution >= 4 is 17.0 Å². The number of benzene rings is 1. The Bertz CT molecular complexity index is 519. The van der Waals surface area contributed by atoms with Gasteiger partial charge in [-0.2, -0.15) is 0 Å². The molecule has 0 aliphatic rings. The Kier molecular flexibility index (Phi) is 4.80. The molecule has 1 heterocycles. The lowest BCUT2D eigenvalue weighted by atomic mass is 10.1. The minimum atomic E-state index is 0.702. The summed E-state index contributed by atoms with van der Waals surface area (Å²) in [5.41, 5.74) is 2.17. The molecule has 0 atom stereocenters. The number of ether oxygens (including phenoxy) is 1. The van der Waals surface area contributed by atoms with E-state index in [0.717, 1.165) is 43.2 Å². The van der Waals surface area contributed by atoms with Crippen molar-refractivity contribution in [1.82, 2.24) is 9.55 Å². The smallest absolute Gasteiger partial charge is 0.203 e. The molecule has 0 amide bonds. The molecule has 0 saturated carbocycles. The van der Waals surface area contributed by atoms with Crippen LogP contribution in [0.4, 0.5) is 5.95 Å². The molecular formula is C15H23N3O. The molecule has 0 spiro atoms. The molecule has 0 radical (unpaired) electrons. The molecule has 1 aromatic heterocycles. The average molecular weight is 261 g/mol. The van der Waals surface area contributed by atoms with E-state index in [1.54, 1.807) is 0 Å². The Labute approximate surface area is 114 Å². The fraction of sp³-hybridized carbons (Fsp3) is 0.533. The molecule has 4 nitrogen and oxygen atoms in total. The van der Waals surface area contributed by atoms with Gasteiger partial charge in [0.15, 0.2) is 0 Å². The lowest BCUT2D eigenvalue weighted by Crippen LogP contribution is -2.13. The Morgan fingerprint density at radius 2 is 2.05 bits per heavy atom. The van der Waals surface area contributed by atoms with Gasteiger partial charge in [0.25, 0.3) is 0 Å². The highest BCUT2D eigenvalue weighted by Gasteiger charge is 2.05. The first kappa shape index (κ1) is 13.9. The highest BCUT2D eigenvalue weighted by atomic mass is 16.5. The van der Waals surface area contributed by atoms with E-state index >= 15 is 0 Å². The van der Waals surface area contributed by atoms with E-state index < -0.39 is 0 Å². The first-order valence-electron chi connectivity index (χ1n) is 6.91. The van der Waals surface area contributed by atoms with Crippen molar-refractivity contribution < 1.29 is 4.74 Å². The summed E-state index contributed by atoms with van der Waals surface area (Å²) in [4.78, 5) is 4.55. The van der Waals surface area contributed by atoms with Gasteiger partial charge in [0.2, 0.25) is 5.95 Å². The molecule has 0 unspecified atom stereocenters. The molecule has 104 valence electrons. The Morgan fingerprint density at radius 3 is 2.79 bits per heavy atom. The summed E-state index contributed by atoms with van der Waals surface area (Å²) in [6, 6.07) is 8.14. The van der Waals surface area contributed by atoms with Gasteiger partial charge in [0.1, 0.15) is 0 Å². The second kappa shape index (κ2) is 6.57. The second-order valence-corrected chi connectivity index (χ2v) is 5.20. The predicted octanol–water partition coefficient (Wildman–Crippen LogP) is 3.05. The number of nitrogens with one attached hydrogen (secondary N) is 1. The van der Waals surface area contributed by atoms with E-state index in [0.29, 0.717) is 5.92 Å². The summed E-state index contributed by atoms with van der Waals surface area (Å²) in [6.07, 6.45) is 1.12. The number of hydrogen-bond donors (Lipinski definition) is 1. The molecule has 1 N–H and O–H groups in total. The summed E-state index contributed by atoms with van der Waals surface area (Å²) in [5.74, 6) is 1.60. The summed E-state index contributed by atoms with van der Waals surface area (Å²) in [5, 5.41) is 3.32. The summed E-state index contributed by atoms with van der Waals surface area (Å²) >= 11 is 0. The quantitative estimate of drug-likeness (QED) is 0.779. The van der Waals surface area contributed by atoms with Gasteiger partial charge in [0.05, 0.1) is 17.6 Å². The van der Waals surface area contributed by atoms with Crippen LogP contribution in [-0.2, 0) is 11.8 Å². The maximum absolute atomic E-state index is 5.58. The van der Waals surface area contributed by atoms with Crippen molar-refractivity contribution in [2.45, 2.75) is 20.3 Å². The molecule has 4 heteroatoms. The Morgan fingerprint density at radius 1 is 1.26 bits per heavy atom. The van der Waals surface area contributed by atoms with Gasteiger partial charge in [-0.25, -0.2) is 4.98 Å². The minimum Gasteiger partial charge on any atom is -0.380 e. The molecule has 1 aromatic carbocycles. The maximum atomic E-state index is 5.58. The number of nitrogens with zero attached hydrogens (tertiary/aromatic N) is 2. The molecule has 0 saturated heterocycles. The van der Waals surface area contributed by atoms with Crippen molar-refractivity contribution in [2.75, 3.05) is 25.1 Å². The molecule has 0 aliphatic heterocycles. The van der Waals surface area contributed by atoms with Gasteiger partial charge in [0, 0.05) is 20.2 Å². The van der Waals surface area contributed by atoms with Crippen molar-refractivity contribution in [2.24, 2.45) is 13.0 Å². The first-order valence-corrected chi connectivity index (χ1v) is 6.91. The number of rotatable bonds is 7. The van der Waals surface area contributed by atoms with Gasteiger partial charge in [-0.1, -0.05) is 26.0 Å². The third-order valence-corrected chi connectivity index (χ3v) is 3.16. The van der Waals surface area contributed by atoms with Gasteiger partial charge in [-0.3, -0.25) is 0 Å². The lowest BCUT2D eigenvalue weighted by molar-refractivity contribution is 0.132. The van der Waals surface area contributed by atoms with Crippen LogP contribution < -0.4 is 5.32 Å². The molecular weight excluding hydrogens is 238 g/mol. The summed E-state index contributed by atoms with van der Waals surface area (Å²) < 4.78 is 7.65. The monoisotopic (exact) mass is 261 g/mol. The van der Waals surface area contributed by atoms with Crippen LogP contribution in [0.5, 0.6) is 0 Å². The Balaban J connectivity index is 1.80. The van der Waals surface area contributed by atoms with Crippen LogP contribution in [0.15, 0.2) is 24.3 Å². The summed E-state index contributed by atoms with van der Waals surface area (Å²) in [7, 11) is 2.03. The predicted molar refractivity (Wildman–Crippen MR) is 79.5 cm³/mol. The van der Waals surface area contributed by atoms with E-state index in [-0.39, 0.29) is 0 Å². The van der Waals surface area contributed by atoms with E-state index in [4.69, 9.17) is 4.74 Å². The van der Waals surface area contributed by atoms with Crippen molar-refractivity contribution in [3.05, 3.63) is 24.3 Å². The molecule has 0 bridgehead atoms. The van der Waals surface area contributed by atoms with Crippen LogP contribution in [0.1, 0.15) is 20.3 Å². The van der Waals surface area contributed by atoms with Crippen molar-refractivity contribution in [3.8, 4) is 0 Å². The van der Waals surface area contributed by atoms with Crippen LogP contribution in [0.2, 0.25) is 0 Å². The van der Waals surface area contributed by atoms with Gasteiger partial charge in [-0.15, -0.1) is 0 Å². The average Bonchev–Trinajstić information content (AvgIpc) is 2.71. The highest BCUT2D eigenvalue weighted by molar-refractivity contribution is 5.78. The van der Waals surface area contributed by atoms with Crippen LogP contribution in [0.3, 0.4) is 0 Å².